The van der Waals surface area contributed by atoms with E-state index in [2.05, 4.69) is 25.5 Å². The molecule has 0 aliphatic carbocycles. The first-order chi connectivity index (χ1) is 17.2. The molecule has 2 aromatic carbocycles. The highest BCUT2D eigenvalue weighted by Gasteiger charge is 2.18. The largest absolute Gasteiger partial charge is 0.494 e. The molecule has 0 amide bonds. The lowest BCUT2D eigenvalue weighted by Gasteiger charge is -2.17. The van der Waals surface area contributed by atoms with Crippen LogP contribution in [0.3, 0.4) is 0 Å². The number of nitrogens with two attached hydrogens (primary N) is 1. The second-order valence-electron chi connectivity index (χ2n) is 8.37. The van der Waals surface area contributed by atoms with Crippen LogP contribution in [0.2, 0.25) is 5.02 Å². The normalized spacial score (nSPS) is 14.0. The van der Waals surface area contributed by atoms with Crippen LogP contribution in [0, 0.1) is 0 Å². The molecular weight excluding hydrogens is 504 g/mol. The van der Waals surface area contributed by atoms with Crippen LogP contribution >= 0.6 is 11.6 Å². The number of nitrogens with zero attached hydrogens (tertiary/aromatic N) is 3. The van der Waals surface area contributed by atoms with Crippen LogP contribution in [-0.2, 0) is 9.84 Å². The van der Waals surface area contributed by atoms with Gasteiger partial charge in [-0.3, -0.25) is 4.90 Å². The molecule has 4 rings (SSSR count). The molecule has 4 N–H and O–H groups in total. The zero-order valence-corrected chi connectivity index (χ0v) is 21.7. The molecule has 12 heteroatoms. The summed E-state index contributed by atoms with van der Waals surface area (Å²) in [5.41, 5.74) is 6.93. The van der Waals surface area contributed by atoms with Crippen molar-refractivity contribution < 1.29 is 17.9 Å². The lowest BCUT2D eigenvalue weighted by Crippen LogP contribution is -2.25. The van der Waals surface area contributed by atoms with Crippen molar-refractivity contribution in [2.45, 2.75) is 17.7 Å². The van der Waals surface area contributed by atoms with Crippen LogP contribution < -0.4 is 25.8 Å². The molecule has 36 heavy (non-hydrogen) atoms. The van der Waals surface area contributed by atoms with E-state index in [1.807, 2.05) is 6.07 Å². The Hall–Kier alpha value is -3.28. The maximum Gasteiger partial charge on any atom is 0.231 e. The lowest BCUT2D eigenvalue weighted by molar-refractivity contribution is 0.237. The molecular formula is C24H29ClN6O4S. The van der Waals surface area contributed by atoms with Crippen molar-refractivity contribution in [1.82, 2.24) is 14.9 Å². The number of nitrogen functional groups attached to an aromatic ring is 1. The summed E-state index contributed by atoms with van der Waals surface area (Å²) in [5.74, 6) is 1.55. The van der Waals surface area contributed by atoms with Gasteiger partial charge in [0.15, 0.2) is 15.7 Å². The molecule has 10 nitrogen and oxygen atoms in total. The lowest BCUT2D eigenvalue weighted by atomic mass is 10.2. The summed E-state index contributed by atoms with van der Waals surface area (Å²) in [7, 11) is -1.93. The van der Waals surface area contributed by atoms with Gasteiger partial charge in [0.2, 0.25) is 5.95 Å². The summed E-state index contributed by atoms with van der Waals surface area (Å²) in [5, 5.41) is 6.11. The minimum absolute atomic E-state index is 0.0225. The van der Waals surface area contributed by atoms with Crippen molar-refractivity contribution in [1.29, 1.82) is 0 Å². The summed E-state index contributed by atoms with van der Waals surface area (Å²) in [4.78, 5) is 11.1. The number of sulfone groups is 1. The summed E-state index contributed by atoms with van der Waals surface area (Å²) in [6.45, 7) is 3.72. The molecule has 2 heterocycles. The van der Waals surface area contributed by atoms with E-state index in [0.717, 1.165) is 25.9 Å². The molecule has 0 atom stereocenters. The Bertz CT molecular complexity index is 1330. The molecule has 1 saturated heterocycles. The van der Waals surface area contributed by atoms with Gasteiger partial charge in [0.05, 0.1) is 23.4 Å². The Kier molecular flexibility index (Phi) is 8.02. The monoisotopic (exact) mass is 532 g/mol. The van der Waals surface area contributed by atoms with Gasteiger partial charge in [0, 0.05) is 18.9 Å². The van der Waals surface area contributed by atoms with Crippen molar-refractivity contribution in [3.05, 3.63) is 47.5 Å². The number of likely N-dealkylation sites (tertiary alicyclic amines) is 1. The van der Waals surface area contributed by atoms with Gasteiger partial charge in [-0.25, -0.2) is 8.42 Å². The molecule has 3 aromatic rings. The summed E-state index contributed by atoms with van der Waals surface area (Å²) >= 11 is 6.33. The number of hydrogen-bond acceptors (Lipinski definition) is 10. The van der Waals surface area contributed by atoms with Gasteiger partial charge in [-0.05, 0) is 50.2 Å². The molecule has 0 unspecified atom stereocenters. The van der Waals surface area contributed by atoms with Gasteiger partial charge < -0.3 is 25.8 Å². The van der Waals surface area contributed by atoms with E-state index >= 15 is 0 Å². The fourth-order valence-electron chi connectivity index (χ4n) is 3.91. The van der Waals surface area contributed by atoms with Crippen LogP contribution in [0.1, 0.15) is 12.8 Å². The zero-order chi connectivity index (χ0) is 25.7. The number of methoxy groups -OCH3 is 1. The first-order valence-corrected chi connectivity index (χ1v) is 13.7. The number of benzene rings is 2. The zero-order valence-electron chi connectivity index (χ0n) is 20.1. The quantitative estimate of drug-likeness (QED) is 0.350. The summed E-state index contributed by atoms with van der Waals surface area (Å²) in [6, 6.07) is 11.9. The Morgan fingerprint density at radius 1 is 1.08 bits per heavy atom. The Labute approximate surface area is 215 Å². The number of nitrogens with one attached hydrogen (secondary N) is 2. The number of ether oxygens (including phenoxy) is 2. The summed E-state index contributed by atoms with van der Waals surface area (Å²) in [6.07, 6.45) is 3.61. The Morgan fingerprint density at radius 3 is 2.56 bits per heavy atom. The predicted octanol–water partition coefficient (Wildman–Crippen LogP) is 4.09. The van der Waals surface area contributed by atoms with E-state index in [1.165, 1.54) is 18.9 Å². The second-order valence-corrected chi connectivity index (χ2v) is 10.7. The van der Waals surface area contributed by atoms with E-state index in [0.29, 0.717) is 29.5 Å². The molecule has 1 aliphatic rings. The van der Waals surface area contributed by atoms with Gasteiger partial charge in [0.1, 0.15) is 28.9 Å². The molecule has 0 spiro atoms. The molecule has 0 bridgehead atoms. The topological polar surface area (TPSA) is 132 Å². The van der Waals surface area contributed by atoms with Gasteiger partial charge in [0.25, 0.3) is 0 Å². The fourth-order valence-corrected chi connectivity index (χ4v) is 4.88. The second kappa shape index (κ2) is 11.2. The number of rotatable bonds is 10. The van der Waals surface area contributed by atoms with Gasteiger partial charge in [-0.2, -0.15) is 9.97 Å². The third kappa shape index (κ3) is 6.28. The molecule has 1 aromatic heterocycles. The third-order valence-corrected chi connectivity index (χ3v) is 7.24. The highest BCUT2D eigenvalue weighted by atomic mass is 35.5. The van der Waals surface area contributed by atoms with Crippen molar-refractivity contribution in [2.75, 3.05) is 56.0 Å². The fraction of sp³-hybridized carbons (Fsp3) is 0.333. The molecule has 192 valence electrons. The number of hydrogen-bond donors (Lipinski definition) is 3. The molecule has 0 radical (unpaired) electrons. The molecule has 1 aliphatic heterocycles. The SMILES string of the molecule is COc1cc(OCCN2CCCC2)ccc1Nc1nc(N)c(Cl)c(Nc2ccccc2S(C)(=O)=O)n1. The maximum atomic E-state index is 12.2. The van der Waals surface area contributed by atoms with E-state index < -0.39 is 9.84 Å². The van der Waals surface area contributed by atoms with Gasteiger partial charge in [-0.1, -0.05) is 23.7 Å². The van der Waals surface area contributed by atoms with Crippen LogP contribution in [0.25, 0.3) is 0 Å². The van der Waals surface area contributed by atoms with Crippen LogP contribution in [0.5, 0.6) is 11.5 Å². The van der Waals surface area contributed by atoms with Gasteiger partial charge >= 0.3 is 0 Å². The molecule has 0 saturated carbocycles. The number of anilines is 5. The van der Waals surface area contributed by atoms with Crippen molar-refractivity contribution >= 4 is 50.4 Å². The average Bonchev–Trinajstić information content (AvgIpc) is 3.36. The van der Waals surface area contributed by atoms with Crippen molar-refractivity contribution in [2.24, 2.45) is 0 Å². The third-order valence-electron chi connectivity index (χ3n) is 5.71. The number of halogens is 1. The molecule has 1 fully saturated rings. The maximum absolute atomic E-state index is 12.2. The first-order valence-electron chi connectivity index (χ1n) is 11.4. The standard InChI is InChI=1S/C24H29ClN6O4S/c1-34-19-15-16(35-14-13-31-11-5-6-12-31)9-10-17(19)28-24-29-22(26)21(25)23(30-24)27-18-7-3-4-8-20(18)36(2,32)33/h3-4,7-10,15H,5-6,11-14H2,1-2H3,(H4,26,27,28,29,30). The minimum atomic E-state index is -3.49. The average molecular weight is 533 g/mol. The number of para-hydroxylation sites is 1. The van der Waals surface area contributed by atoms with E-state index in [1.54, 1.807) is 37.4 Å². The van der Waals surface area contributed by atoms with Gasteiger partial charge in [-0.15, -0.1) is 0 Å². The first kappa shape index (κ1) is 25.8. The van der Waals surface area contributed by atoms with Crippen LogP contribution in [-0.4, -0.2) is 62.9 Å². The van der Waals surface area contributed by atoms with E-state index in [9.17, 15) is 8.42 Å². The highest BCUT2D eigenvalue weighted by Crippen LogP contribution is 2.34. The highest BCUT2D eigenvalue weighted by molar-refractivity contribution is 7.90. The minimum Gasteiger partial charge on any atom is -0.494 e. The smallest absolute Gasteiger partial charge is 0.231 e. The number of aromatic nitrogens is 2. The predicted molar refractivity (Wildman–Crippen MR) is 142 cm³/mol. The van der Waals surface area contributed by atoms with E-state index in [-0.39, 0.29) is 27.5 Å². The van der Waals surface area contributed by atoms with Crippen molar-refractivity contribution in [3.63, 3.8) is 0 Å². The summed E-state index contributed by atoms with van der Waals surface area (Å²) < 4.78 is 35.8. The van der Waals surface area contributed by atoms with E-state index in [4.69, 9.17) is 26.8 Å². The van der Waals surface area contributed by atoms with Crippen molar-refractivity contribution in [3.8, 4) is 11.5 Å². The Morgan fingerprint density at radius 2 is 1.83 bits per heavy atom. The van der Waals surface area contributed by atoms with Crippen LogP contribution in [0.4, 0.5) is 29.0 Å². The van der Waals surface area contributed by atoms with Crippen LogP contribution in [0.15, 0.2) is 47.4 Å². The Balaban J connectivity index is 1.52.